The molecule has 0 spiro atoms. The highest BCUT2D eigenvalue weighted by molar-refractivity contribution is 7.11. The smallest absolute Gasteiger partial charge is 0.225 e. The normalized spacial score (nSPS) is 18.0. The predicted molar refractivity (Wildman–Crippen MR) is 91.3 cm³/mol. The molecule has 1 aromatic heterocycles. The van der Waals surface area contributed by atoms with Gasteiger partial charge in [0, 0.05) is 30.9 Å². The average molecular weight is 338 g/mol. The van der Waals surface area contributed by atoms with Gasteiger partial charge in [-0.05, 0) is 27.4 Å². The second-order valence-corrected chi connectivity index (χ2v) is 7.40. The van der Waals surface area contributed by atoms with Gasteiger partial charge in [-0.3, -0.25) is 9.59 Å². The van der Waals surface area contributed by atoms with E-state index < -0.39 is 0 Å². The number of carbonyl (C=O) groups excluding carboxylic acids is 2. The van der Waals surface area contributed by atoms with Crippen LogP contribution in [0.4, 0.5) is 0 Å². The number of likely N-dealkylation sites (N-methyl/N-ethyl adjacent to an activating group) is 1. The maximum atomic E-state index is 12.3. The second kappa shape index (κ2) is 7.88. The summed E-state index contributed by atoms with van der Waals surface area (Å²) in [4.78, 5) is 33.7. The fraction of sp³-hybridized carbons (Fsp3) is 0.688. The Kier molecular flexibility index (Phi) is 6.12. The molecule has 1 aliphatic heterocycles. The summed E-state index contributed by atoms with van der Waals surface area (Å²) in [5.74, 6) is -0.186. The number of hydrogen-bond donors (Lipinski definition) is 1. The fourth-order valence-corrected chi connectivity index (χ4v) is 3.55. The first-order valence-corrected chi connectivity index (χ1v) is 8.87. The van der Waals surface area contributed by atoms with Gasteiger partial charge in [0.1, 0.15) is 0 Å². The Morgan fingerprint density at radius 1 is 1.48 bits per heavy atom. The molecule has 2 rings (SSSR count). The third kappa shape index (κ3) is 4.75. The summed E-state index contributed by atoms with van der Waals surface area (Å²) in [6, 6.07) is 0. The van der Waals surface area contributed by atoms with E-state index in [1.807, 2.05) is 25.9 Å². The topological polar surface area (TPSA) is 65.5 Å². The first-order valence-electron chi connectivity index (χ1n) is 8.06. The van der Waals surface area contributed by atoms with E-state index in [1.54, 1.807) is 16.2 Å². The van der Waals surface area contributed by atoms with Crippen LogP contribution >= 0.6 is 11.3 Å². The van der Waals surface area contributed by atoms with Crippen molar-refractivity contribution in [3.8, 4) is 0 Å². The number of hydrogen-bond acceptors (Lipinski definition) is 5. The summed E-state index contributed by atoms with van der Waals surface area (Å²) in [6.07, 6.45) is 1.23. The Balaban J connectivity index is 1.84. The van der Waals surface area contributed by atoms with E-state index >= 15 is 0 Å². The predicted octanol–water partition coefficient (Wildman–Crippen LogP) is 1.04. The quantitative estimate of drug-likeness (QED) is 0.807. The van der Waals surface area contributed by atoms with Gasteiger partial charge >= 0.3 is 0 Å². The van der Waals surface area contributed by atoms with Crippen molar-refractivity contribution in [2.24, 2.45) is 5.92 Å². The highest BCUT2D eigenvalue weighted by atomic mass is 32.1. The molecule has 23 heavy (non-hydrogen) atoms. The first kappa shape index (κ1) is 17.9. The van der Waals surface area contributed by atoms with Crippen LogP contribution in [0.3, 0.4) is 0 Å². The van der Waals surface area contributed by atoms with E-state index in [1.165, 1.54) is 0 Å². The molecule has 1 aliphatic rings. The Hall–Kier alpha value is -1.47. The number of rotatable bonds is 7. The van der Waals surface area contributed by atoms with Crippen molar-refractivity contribution in [2.75, 3.05) is 33.7 Å². The minimum Gasteiger partial charge on any atom is -0.351 e. The molecule has 2 amide bonds. The minimum atomic E-state index is -0.233. The molecule has 7 heteroatoms. The van der Waals surface area contributed by atoms with Crippen LogP contribution in [0.25, 0.3) is 0 Å². The summed E-state index contributed by atoms with van der Waals surface area (Å²) < 4.78 is 0. The van der Waals surface area contributed by atoms with Gasteiger partial charge in [-0.1, -0.05) is 6.92 Å². The lowest BCUT2D eigenvalue weighted by Crippen LogP contribution is -2.35. The Morgan fingerprint density at radius 3 is 2.83 bits per heavy atom. The van der Waals surface area contributed by atoms with E-state index in [4.69, 9.17) is 0 Å². The molecular weight excluding hydrogens is 312 g/mol. The number of nitrogens with zero attached hydrogens (tertiary/aromatic N) is 3. The van der Waals surface area contributed by atoms with Crippen molar-refractivity contribution in [2.45, 2.75) is 33.2 Å². The zero-order valence-electron chi connectivity index (χ0n) is 14.4. The summed E-state index contributed by atoms with van der Waals surface area (Å²) in [6.45, 7) is 6.58. The Labute approximate surface area is 141 Å². The van der Waals surface area contributed by atoms with Crippen LogP contribution in [-0.2, 0) is 22.6 Å². The highest BCUT2D eigenvalue weighted by Gasteiger charge is 2.33. The number of likely N-dealkylation sites (tertiary alicyclic amines) is 1. The average Bonchev–Trinajstić information content (AvgIpc) is 3.05. The molecule has 0 unspecified atom stereocenters. The first-order chi connectivity index (χ1) is 10.9. The molecule has 6 nitrogen and oxygen atoms in total. The van der Waals surface area contributed by atoms with E-state index in [0.29, 0.717) is 26.1 Å². The van der Waals surface area contributed by atoms with E-state index in [-0.39, 0.29) is 17.7 Å². The third-order valence-corrected chi connectivity index (χ3v) is 5.37. The van der Waals surface area contributed by atoms with Crippen LogP contribution in [0, 0.1) is 12.8 Å². The van der Waals surface area contributed by atoms with Crippen LogP contribution in [-0.4, -0.2) is 60.3 Å². The van der Waals surface area contributed by atoms with Crippen LogP contribution < -0.4 is 5.32 Å². The maximum absolute atomic E-state index is 12.3. The number of aromatic nitrogens is 1. The SMILES string of the molecule is CCc1nc(C)c(CNC(=O)[C@@H]2CC(=O)N(CCN(C)C)C2)s1. The molecule has 1 saturated heterocycles. The number of amides is 2. The van der Waals surface area contributed by atoms with Crippen molar-refractivity contribution in [1.82, 2.24) is 20.1 Å². The van der Waals surface area contributed by atoms with Gasteiger partial charge in [-0.2, -0.15) is 0 Å². The molecule has 1 aromatic rings. The van der Waals surface area contributed by atoms with Crippen molar-refractivity contribution in [1.29, 1.82) is 0 Å². The molecule has 0 aliphatic carbocycles. The zero-order valence-corrected chi connectivity index (χ0v) is 15.2. The van der Waals surface area contributed by atoms with Gasteiger partial charge in [0.05, 0.1) is 23.2 Å². The van der Waals surface area contributed by atoms with Crippen molar-refractivity contribution < 1.29 is 9.59 Å². The molecule has 2 heterocycles. The number of aryl methyl sites for hydroxylation is 2. The lowest BCUT2D eigenvalue weighted by molar-refractivity contribution is -0.129. The van der Waals surface area contributed by atoms with Gasteiger partial charge < -0.3 is 15.1 Å². The van der Waals surface area contributed by atoms with Crippen LogP contribution in [0.1, 0.15) is 28.9 Å². The van der Waals surface area contributed by atoms with Crippen molar-refractivity contribution >= 4 is 23.2 Å². The summed E-state index contributed by atoms with van der Waals surface area (Å²) in [5.41, 5.74) is 0.988. The molecule has 1 N–H and O–H groups in total. The Morgan fingerprint density at radius 2 is 2.22 bits per heavy atom. The molecule has 0 saturated carbocycles. The monoisotopic (exact) mass is 338 g/mol. The largest absolute Gasteiger partial charge is 0.351 e. The molecule has 0 radical (unpaired) electrons. The molecule has 0 bridgehead atoms. The number of carbonyl (C=O) groups is 2. The molecular formula is C16H26N4O2S. The maximum Gasteiger partial charge on any atom is 0.225 e. The second-order valence-electron chi connectivity index (χ2n) is 6.23. The standard InChI is InChI=1S/C16H26N4O2S/c1-5-14-18-11(2)13(23-14)9-17-16(22)12-8-15(21)20(10-12)7-6-19(3)4/h12H,5-10H2,1-4H3,(H,17,22)/t12-/m1/s1. The van der Waals surface area contributed by atoms with Gasteiger partial charge in [0.15, 0.2) is 0 Å². The summed E-state index contributed by atoms with van der Waals surface area (Å²) >= 11 is 1.65. The lowest BCUT2D eigenvalue weighted by Gasteiger charge is -2.19. The number of nitrogens with one attached hydrogen (secondary N) is 1. The van der Waals surface area contributed by atoms with Gasteiger partial charge in [0.25, 0.3) is 0 Å². The van der Waals surface area contributed by atoms with E-state index in [0.717, 1.165) is 28.5 Å². The fourth-order valence-electron chi connectivity index (χ4n) is 2.60. The highest BCUT2D eigenvalue weighted by Crippen LogP contribution is 2.20. The zero-order chi connectivity index (χ0) is 17.0. The van der Waals surface area contributed by atoms with Crippen molar-refractivity contribution in [3.63, 3.8) is 0 Å². The minimum absolute atomic E-state index is 0.0310. The van der Waals surface area contributed by atoms with Crippen LogP contribution in [0.2, 0.25) is 0 Å². The molecule has 0 aromatic carbocycles. The van der Waals surface area contributed by atoms with E-state index in [2.05, 4.69) is 17.2 Å². The van der Waals surface area contributed by atoms with Gasteiger partial charge in [0.2, 0.25) is 11.8 Å². The molecule has 1 atom stereocenters. The van der Waals surface area contributed by atoms with Crippen molar-refractivity contribution in [3.05, 3.63) is 15.6 Å². The third-order valence-electron chi connectivity index (χ3n) is 4.07. The molecule has 128 valence electrons. The van der Waals surface area contributed by atoms with Gasteiger partial charge in [-0.25, -0.2) is 4.98 Å². The molecule has 1 fully saturated rings. The lowest BCUT2D eigenvalue weighted by atomic mass is 10.1. The summed E-state index contributed by atoms with van der Waals surface area (Å²) in [5, 5.41) is 4.06. The Bertz CT molecular complexity index is 570. The summed E-state index contributed by atoms with van der Waals surface area (Å²) in [7, 11) is 3.96. The van der Waals surface area contributed by atoms with Crippen LogP contribution in [0.15, 0.2) is 0 Å². The van der Waals surface area contributed by atoms with Crippen LogP contribution in [0.5, 0.6) is 0 Å². The van der Waals surface area contributed by atoms with E-state index in [9.17, 15) is 9.59 Å². The van der Waals surface area contributed by atoms with Gasteiger partial charge in [-0.15, -0.1) is 11.3 Å². The number of thiazole rings is 1.